The third-order valence-corrected chi connectivity index (χ3v) is 7.11. The number of thiocarbonyl (C=S) groups is 1. The number of hydrogen-bond donors (Lipinski definition) is 0. The minimum absolute atomic E-state index is 0.114. The number of hydrogen-bond acceptors (Lipinski definition) is 5. The molecule has 0 spiro atoms. The van der Waals surface area contributed by atoms with Crippen LogP contribution in [0, 0.1) is 0 Å². The quantitative estimate of drug-likeness (QED) is 0.280. The molecule has 2 aromatic carbocycles. The van der Waals surface area contributed by atoms with Gasteiger partial charge in [-0.1, -0.05) is 74.8 Å². The summed E-state index contributed by atoms with van der Waals surface area (Å²) in [6, 6.07) is 14.9. The Bertz CT molecular complexity index is 1080. The highest BCUT2D eigenvalue weighted by atomic mass is 32.2. The molecule has 0 unspecified atom stereocenters. The second-order valence-corrected chi connectivity index (χ2v) is 9.44. The molecule has 2 aromatic rings. The number of thioether (sulfide) groups is 1. The molecule has 0 atom stereocenters. The number of carbonyl (C=O) groups excluding carboxylic acids is 2. The molecule has 4 rings (SSSR count). The molecule has 1 fully saturated rings. The van der Waals surface area contributed by atoms with Gasteiger partial charge in [0.2, 0.25) is 0 Å². The van der Waals surface area contributed by atoms with Gasteiger partial charge >= 0.3 is 0 Å². The van der Waals surface area contributed by atoms with Crippen molar-refractivity contribution in [2.75, 3.05) is 23.5 Å². The van der Waals surface area contributed by atoms with Gasteiger partial charge in [-0.3, -0.25) is 14.5 Å². The first kappa shape index (κ1) is 22.6. The van der Waals surface area contributed by atoms with Gasteiger partial charge in [-0.25, -0.2) is 0 Å². The van der Waals surface area contributed by atoms with Gasteiger partial charge in [0.15, 0.2) is 4.32 Å². The molecule has 166 valence electrons. The van der Waals surface area contributed by atoms with Gasteiger partial charge < -0.3 is 9.64 Å². The Labute approximate surface area is 198 Å². The first-order chi connectivity index (χ1) is 15.6. The van der Waals surface area contributed by atoms with Crippen molar-refractivity contribution in [3.63, 3.8) is 0 Å². The lowest BCUT2D eigenvalue weighted by molar-refractivity contribution is -0.115. The van der Waals surface area contributed by atoms with Crippen LogP contribution in [0.5, 0.6) is 5.75 Å². The molecule has 32 heavy (non-hydrogen) atoms. The maximum atomic E-state index is 13.5. The molecule has 2 aliphatic rings. The zero-order valence-corrected chi connectivity index (χ0v) is 19.9. The fraction of sp³-hybridized carbons (Fsp3) is 0.320. The molecule has 0 bridgehead atoms. The monoisotopic (exact) mass is 466 g/mol. The number of unbranched alkanes of at least 4 members (excludes halogenated alkanes) is 4. The largest absolute Gasteiger partial charge is 0.497 e. The number of methoxy groups -OCH3 is 1. The average molecular weight is 467 g/mol. The minimum atomic E-state index is -0.256. The van der Waals surface area contributed by atoms with Crippen LogP contribution in [0.1, 0.15) is 44.6 Å². The number of nitrogens with zero attached hydrogens (tertiary/aromatic N) is 2. The van der Waals surface area contributed by atoms with Gasteiger partial charge in [-0.2, -0.15) is 0 Å². The van der Waals surface area contributed by atoms with Gasteiger partial charge in [-0.15, -0.1) is 0 Å². The summed E-state index contributed by atoms with van der Waals surface area (Å²) in [4.78, 5) is 30.6. The number of benzene rings is 2. The molecule has 0 aromatic heterocycles. The van der Waals surface area contributed by atoms with Crippen molar-refractivity contribution in [1.82, 2.24) is 0 Å². The number of para-hydroxylation sites is 1. The molecular formula is C25H26N2O3S2. The molecule has 0 aliphatic carbocycles. The normalized spacial score (nSPS) is 18.0. The maximum Gasteiger partial charge on any atom is 0.271 e. The van der Waals surface area contributed by atoms with E-state index in [2.05, 4.69) is 6.92 Å². The van der Waals surface area contributed by atoms with Crippen LogP contribution in [-0.2, 0) is 9.59 Å². The lowest BCUT2D eigenvalue weighted by atomic mass is 10.1. The van der Waals surface area contributed by atoms with Crippen molar-refractivity contribution in [2.24, 2.45) is 0 Å². The summed E-state index contributed by atoms with van der Waals surface area (Å²) < 4.78 is 5.63. The Morgan fingerprint density at radius 3 is 2.38 bits per heavy atom. The van der Waals surface area contributed by atoms with E-state index < -0.39 is 0 Å². The minimum Gasteiger partial charge on any atom is -0.497 e. The van der Waals surface area contributed by atoms with E-state index in [4.69, 9.17) is 17.0 Å². The number of rotatable bonds is 8. The van der Waals surface area contributed by atoms with Crippen molar-refractivity contribution in [2.45, 2.75) is 39.0 Å². The predicted octanol–water partition coefficient (Wildman–Crippen LogP) is 5.79. The Morgan fingerprint density at radius 1 is 0.938 bits per heavy atom. The molecule has 5 nitrogen and oxygen atoms in total. The molecule has 0 saturated carbocycles. The number of carbonyl (C=O) groups is 2. The van der Waals surface area contributed by atoms with E-state index in [0.29, 0.717) is 32.8 Å². The van der Waals surface area contributed by atoms with E-state index in [-0.39, 0.29) is 11.8 Å². The second-order valence-electron chi connectivity index (χ2n) is 7.80. The molecule has 2 heterocycles. The highest BCUT2D eigenvalue weighted by molar-refractivity contribution is 8.27. The van der Waals surface area contributed by atoms with E-state index in [9.17, 15) is 9.59 Å². The zero-order chi connectivity index (χ0) is 22.7. The van der Waals surface area contributed by atoms with Crippen molar-refractivity contribution in [3.8, 4) is 5.75 Å². The smallest absolute Gasteiger partial charge is 0.271 e. The van der Waals surface area contributed by atoms with Gasteiger partial charge in [0.1, 0.15) is 5.75 Å². The van der Waals surface area contributed by atoms with E-state index in [1.807, 2.05) is 29.2 Å². The third kappa shape index (κ3) is 4.19. The number of amides is 2. The summed E-state index contributed by atoms with van der Waals surface area (Å²) in [5.41, 5.74) is 2.80. The average Bonchev–Trinajstić information content (AvgIpc) is 3.25. The Morgan fingerprint density at radius 2 is 1.66 bits per heavy atom. The summed E-state index contributed by atoms with van der Waals surface area (Å²) in [5, 5.41) is 0. The van der Waals surface area contributed by atoms with E-state index >= 15 is 0 Å². The van der Waals surface area contributed by atoms with Gasteiger partial charge in [0, 0.05) is 12.1 Å². The number of anilines is 2. The first-order valence-electron chi connectivity index (χ1n) is 10.9. The zero-order valence-electron chi connectivity index (χ0n) is 18.3. The summed E-state index contributed by atoms with van der Waals surface area (Å²) in [5.74, 6) is 0.331. The van der Waals surface area contributed by atoms with Crippen LogP contribution >= 0.6 is 24.0 Å². The van der Waals surface area contributed by atoms with Crippen LogP contribution < -0.4 is 14.5 Å². The molecule has 1 saturated heterocycles. The maximum absolute atomic E-state index is 13.5. The van der Waals surface area contributed by atoms with Crippen molar-refractivity contribution in [3.05, 3.63) is 59.0 Å². The van der Waals surface area contributed by atoms with Crippen molar-refractivity contribution < 1.29 is 14.3 Å². The highest BCUT2D eigenvalue weighted by Gasteiger charge is 2.42. The third-order valence-electron chi connectivity index (χ3n) is 5.74. The van der Waals surface area contributed by atoms with E-state index in [0.717, 1.165) is 24.1 Å². The molecule has 7 heteroatoms. The molecule has 2 amide bonds. The summed E-state index contributed by atoms with van der Waals surface area (Å²) >= 11 is 6.73. The van der Waals surface area contributed by atoms with E-state index in [1.54, 1.807) is 31.4 Å². The second kappa shape index (κ2) is 9.88. The molecule has 2 aliphatic heterocycles. The van der Waals surface area contributed by atoms with Gasteiger partial charge in [0.25, 0.3) is 11.8 Å². The Hall–Kier alpha value is -2.64. The van der Waals surface area contributed by atoms with Gasteiger partial charge in [0.05, 0.1) is 29.0 Å². The molecule has 0 N–H and O–H groups in total. The van der Waals surface area contributed by atoms with E-state index in [1.165, 1.54) is 35.9 Å². The Kier molecular flexibility index (Phi) is 6.96. The lowest BCUT2D eigenvalue weighted by Crippen LogP contribution is -2.29. The van der Waals surface area contributed by atoms with Gasteiger partial charge in [-0.05, 0) is 36.8 Å². The lowest BCUT2D eigenvalue weighted by Gasteiger charge is -2.17. The summed E-state index contributed by atoms with van der Waals surface area (Å²) in [6.07, 6.45) is 5.61. The van der Waals surface area contributed by atoms with Crippen LogP contribution in [0.4, 0.5) is 11.4 Å². The fourth-order valence-corrected chi connectivity index (χ4v) is 5.44. The number of ether oxygens (including phenoxy) is 1. The molecular weight excluding hydrogens is 440 g/mol. The van der Waals surface area contributed by atoms with Crippen molar-refractivity contribution in [1.29, 1.82) is 0 Å². The van der Waals surface area contributed by atoms with Crippen LogP contribution in [0.25, 0.3) is 5.57 Å². The summed E-state index contributed by atoms with van der Waals surface area (Å²) in [6.45, 7) is 2.84. The predicted molar refractivity (Wildman–Crippen MR) is 135 cm³/mol. The number of fused-ring (bicyclic) bond motifs is 1. The summed E-state index contributed by atoms with van der Waals surface area (Å²) in [7, 11) is 1.59. The standard InChI is InChI=1S/C25H26N2O3S2/c1-3-4-5-6-9-16-26-20-11-8-7-10-19(20)21(23(26)28)22-24(29)27(25(31)32-22)17-12-14-18(30-2)15-13-17/h7-8,10-15H,3-6,9,16H2,1-2H3/b22-21-. The highest BCUT2D eigenvalue weighted by Crippen LogP contribution is 2.45. The van der Waals surface area contributed by atoms with Crippen LogP contribution in [0.3, 0.4) is 0 Å². The van der Waals surface area contributed by atoms with Crippen LogP contribution in [-0.4, -0.2) is 29.8 Å². The fourth-order valence-electron chi connectivity index (χ4n) is 4.07. The van der Waals surface area contributed by atoms with Crippen LogP contribution in [0.15, 0.2) is 53.4 Å². The SMILES string of the molecule is CCCCCCCN1C(=O)/C(=C2\SC(=S)N(c3ccc(OC)cc3)C2=O)c2ccccc21. The first-order valence-corrected chi connectivity index (χ1v) is 12.1. The Balaban J connectivity index is 1.64. The van der Waals surface area contributed by atoms with Crippen LogP contribution in [0.2, 0.25) is 0 Å². The molecule has 0 radical (unpaired) electrons. The topological polar surface area (TPSA) is 49.9 Å². The van der Waals surface area contributed by atoms with Crippen molar-refractivity contribution >= 4 is 57.1 Å².